The van der Waals surface area contributed by atoms with Gasteiger partial charge in [-0.2, -0.15) is 5.10 Å². The van der Waals surface area contributed by atoms with Crippen molar-refractivity contribution in [3.05, 3.63) is 77.8 Å². The maximum absolute atomic E-state index is 6.04. The molecule has 0 aliphatic heterocycles. The SMILES string of the molecule is CCNC(=NCC(c1ccc(Cl)cc1)n1cccn1)NCCOc1cccnc1. The second-order valence-corrected chi connectivity index (χ2v) is 6.67. The lowest BCUT2D eigenvalue weighted by molar-refractivity contribution is 0.320. The van der Waals surface area contributed by atoms with Gasteiger partial charge in [0.25, 0.3) is 0 Å². The molecule has 2 heterocycles. The van der Waals surface area contributed by atoms with E-state index >= 15 is 0 Å². The zero-order chi connectivity index (χ0) is 20.3. The summed E-state index contributed by atoms with van der Waals surface area (Å²) in [4.78, 5) is 8.78. The highest BCUT2D eigenvalue weighted by Crippen LogP contribution is 2.20. The van der Waals surface area contributed by atoms with Crippen molar-refractivity contribution in [2.75, 3.05) is 26.2 Å². The molecule has 1 atom stereocenters. The molecule has 2 aromatic heterocycles. The third kappa shape index (κ3) is 6.50. The molecular formula is C21H25ClN6O. The highest BCUT2D eigenvalue weighted by atomic mass is 35.5. The molecule has 0 saturated carbocycles. The molecular weight excluding hydrogens is 388 g/mol. The van der Waals surface area contributed by atoms with E-state index in [2.05, 4.69) is 20.7 Å². The highest BCUT2D eigenvalue weighted by Gasteiger charge is 2.14. The van der Waals surface area contributed by atoms with E-state index in [1.807, 2.05) is 60.3 Å². The molecule has 0 amide bonds. The Morgan fingerprint density at radius 1 is 1.17 bits per heavy atom. The molecule has 0 bridgehead atoms. The molecule has 0 fully saturated rings. The van der Waals surface area contributed by atoms with Gasteiger partial charge in [0.2, 0.25) is 0 Å². The van der Waals surface area contributed by atoms with Gasteiger partial charge in [0.05, 0.1) is 25.3 Å². The average Bonchev–Trinajstić information content (AvgIpc) is 3.28. The quantitative estimate of drug-likeness (QED) is 0.321. The van der Waals surface area contributed by atoms with Crippen LogP contribution in [-0.4, -0.2) is 47.0 Å². The molecule has 3 rings (SSSR count). The van der Waals surface area contributed by atoms with E-state index in [1.54, 1.807) is 18.6 Å². The van der Waals surface area contributed by atoms with Crippen LogP contribution in [0.1, 0.15) is 18.5 Å². The van der Waals surface area contributed by atoms with Crippen LogP contribution in [0.15, 0.2) is 72.2 Å². The molecule has 152 valence electrons. The normalized spacial score (nSPS) is 12.4. The maximum atomic E-state index is 6.04. The van der Waals surface area contributed by atoms with Crippen molar-refractivity contribution in [2.24, 2.45) is 4.99 Å². The lowest BCUT2D eigenvalue weighted by Crippen LogP contribution is -2.39. The number of aliphatic imine (C=N–C) groups is 1. The minimum Gasteiger partial charge on any atom is -0.490 e. The first-order valence-corrected chi connectivity index (χ1v) is 9.93. The van der Waals surface area contributed by atoms with Gasteiger partial charge in [-0.25, -0.2) is 0 Å². The maximum Gasteiger partial charge on any atom is 0.191 e. The first-order chi connectivity index (χ1) is 14.3. The molecule has 0 spiro atoms. The van der Waals surface area contributed by atoms with Gasteiger partial charge in [-0.15, -0.1) is 0 Å². The van der Waals surface area contributed by atoms with Gasteiger partial charge in [0.15, 0.2) is 5.96 Å². The van der Waals surface area contributed by atoms with Crippen LogP contribution in [0.4, 0.5) is 0 Å². The Hall–Kier alpha value is -3.06. The van der Waals surface area contributed by atoms with Crippen molar-refractivity contribution in [1.29, 1.82) is 0 Å². The van der Waals surface area contributed by atoms with E-state index in [-0.39, 0.29) is 6.04 Å². The third-order valence-electron chi connectivity index (χ3n) is 4.16. The minimum atomic E-state index is -0.0237. The van der Waals surface area contributed by atoms with Crippen LogP contribution in [-0.2, 0) is 0 Å². The van der Waals surface area contributed by atoms with Crippen LogP contribution in [0, 0.1) is 0 Å². The summed E-state index contributed by atoms with van der Waals surface area (Å²) in [5.74, 6) is 1.48. The Bertz CT molecular complexity index is 868. The van der Waals surface area contributed by atoms with Gasteiger partial charge in [-0.1, -0.05) is 23.7 Å². The standard InChI is InChI=1S/C21H25ClN6O/c1-2-24-21(25-12-14-29-19-5-3-10-23-15-19)26-16-20(28-13-4-11-27-28)17-6-8-18(22)9-7-17/h3-11,13,15,20H,2,12,14,16H2,1H3,(H2,24,25,26). The summed E-state index contributed by atoms with van der Waals surface area (Å²) in [5.41, 5.74) is 1.10. The molecule has 2 N–H and O–H groups in total. The molecule has 0 aliphatic carbocycles. The Morgan fingerprint density at radius 2 is 2.03 bits per heavy atom. The first kappa shape index (κ1) is 20.7. The molecule has 8 heteroatoms. The Morgan fingerprint density at radius 3 is 2.72 bits per heavy atom. The van der Waals surface area contributed by atoms with E-state index in [0.717, 1.165) is 23.8 Å². The van der Waals surface area contributed by atoms with Gasteiger partial charge in [-0.05, 0) is 42.8 Å². The fourth-order valence-electron chi connectivity index (χ4n) is 2.78. The van der Waals surface area contributed by atoms with Crippen LogP contribution in [0.5, 0.6) is 5.75 Å². The van der Waals surface area contributed by atoms with E-state index < -0.39 is 0 Å². The van der Waals surface area contributed by atoms with Gasteiger partial charge in [-0.3, -0.25) is 14.7 Å². The number of nitrogens with zero attached hydrogens (tertiary/aromatic N) is 4. The van der Waals surface area contributed by atoms with Crippen LogP contribution in [0.2, 0.25) is 5.02 Å². The van der Waals surface area contributed by atoms with Crippen molar-refractivity contribution < 1.29 is 4.74 Å². The highest BCUT2D eigenvalue weighted by molar-refractivity contribution is 6.30. The zero-order valence-corrected chi connectivity index (χ0v) is 17.1. The Balaban J connectivity index is 1.62. The van der Waals surface area contributed by atoms with Crippen LogP contribution < -0.4 is 15.4 Å². The molecule has 0 saturated heterocycles. The number of pyridine rings is 1. The number of aromatic nitrogens is 3. The van der Waals surface area contributed by atoms with Crippen molar-refractivity contribution in [2.45, 2.75) is 13.0 Å². The number of ether oxygens (including phenoxy) is 1. The summed E-state index contributed by atoms with van der Waals surface area (Å²) in [6, 6.07) is 13.4. The molecule has 1 aromatic carbocycles. The minimum absolute atomic E-state index is 0.0237. The van der Waals surface area contributed by atoms with Crippen molar-refractivity contribution in [3.63, 3.8) is 0 Å². The van der Waals surface area contributed by atoms with Crippen LogP contribution in [0.3, 0.4) is 0 Å². The predicted molar refractivity (Wildman–Crippen MR) is 116 cm³/mol. The van der Waals surface area contributed by atoms with E-state index in [0.29, 0.717) is 24.7 Å². The van der Waals surface area contributed by atoms with Crippen LogP contribution >= 0.6 is 11.6 Å². The van der Waals surface area contributed by atoms with Crippen molar-refractivity contribution in [3.8, 4) is 5.75 Å². The fourth-order valence-corrected chi connectivity index (χ4v) is 2.91. The number of nitrogens with one attached hydrogen (secondary N) is 2. The molecule has 0 radical (unpaired) electrons. The smallest absolute Gasteiger partial charge is 0.191 e. The lowest BCUT2D eigenvalue weighted by atomic mass is 10.1. The lowest BCUT2D eigenvalue weighted by Gasteiger charge is -2.18. The molecule has 3 aromatic rings. The third-order valence-corrected chi connectivity index (χ3v) is 4.42. The second-order valence-electron chi connectivity index (χ2n) is 6.24. The second kappa shape index (κ2) is 11.1. The number of guanidine groups is 1. The van der Waals surface area contributed by atoms with E-state index in [4.69, 9.17) is 21.3 Å². The molecule has 29 heavy (non-hydrogen) atoms. The predicted octanol–water partition coefficient (Wildman–Crippen LogP) is 3.16. The van der Waals surface area contributed by atoms with Gasteiger partial charge in [0.1, 0.15) is 12.4 Å². The van der Waals surface area contributed by atoms with Gasteiger partial charge >= 0.3 is 0 Å². The molecule has 0 aliphatic rings. The Kier molecular flexibility index (Phi) is 7.89. The molecule has 1 unspecified atom stereocenters. The Labute approximate surface area is 175 Å². The van der Waals surface area contributed by atoms with Gasteiger partial charge in [0, 0.05) is 30.2 Å². The number of halogens is 1. The number of hydrogen-bond donors (Lipinski definition) is 2. The summed E-state index contributed by atoms with van der Waals surface area (Å²) < 4.78 is 7.57. The fraction of sp³-hybridized carbons (Fsp3) is 0.286. The van der Waals surface area contributed by atoms with Crippen LogP contribution in [0.25, 0.3) is 0 Å². The summed E-state index contributed by atoms with van der Waals surface area (Å²) >= 11 is 6.04. The van der Waals surface area contributed by atoms with Crippen molar-refractivity contribution >= 4 is 17.6 Å². The van der Waals surface area contributed by atoms with Gasteiger partial charge < -0.3 is 15.4 Å². The van der Waals surface area contributed by atoms with E-state index in [1.165, 1.54) is 0 Å². The number of rotatable bonds is 9. The summed E-state index contributed by atoms with van der Waals surface area (Å²) in [5, 5.41) is 11.7. The summed E-state index contributed by atoms with van der Waals surface area (Å²) in [6.07, 6.45) is 7.13. The summed E-state index contributed by atoms with van der Waals surface area (Å²) in [6.45, 7) is 4.46. The monoisotopic (exact) mass is 412 g/mol. The number of benzene rings is 1. The zero-order valence-electron chi connectivity index (χ0n) is 16.3. The molecule has 7 nitrogen and oxygen atoms in total. The first-order valence-electron chi connectivity index (χ1n) is 9.56. The largest absolute Gasteiger partial charge is 0.490 e. The topological polar surface area (TPSA) is 76.4 Å². The number of hydrogen-bond acceptors (Lipinski definition) is 4. The summed E-state index contributed by atoms with van der Waals surface area (Å²) in [7, 11) is 0. The average molecular weight is 413 g/mol. The van der Waals surface area contributed by atoms with E-state index in [9.17, 15) is 0 Å². The van der Waals surface area contributed by atoms with Crippen molar-refractivity contribution in [1.82, 2.24) is 25.4 Å².